The molecule has 3 aromatic carbocycles. The second-order valence-electron chi connectivity index (χ2n) is 10.3. The Morgan fingerprint density at radius 3 is 1.50 bits per heavy atom. The van der Waals surface area contributed by atoms with Crippen molar-refractivity contribution in [3.63, 3.8) is 0 Å². The van der Waals surface area contributed by atoms with E-state index in [-0.39, 0.29) is 10.8 Å². The van der Waals surface area contributed by atoms with E-state index in [2.05, 4.69) is 108 Å². The van der Waals surface area contributed by atoms with Crippen LogP contribution in [0.2, 0.25) is 0 Å². The Morgan fingerprint density at radius 2 is 1.07 bits per heavy atom. The first-order chi connectivity index (χ1) is 13.1. The van der Waals surface area contributed by atoms with Crippen molar-refractivity contribution in [2.45, 2.75) is 64.7 Å². The van der Waals surface area contributed by atoms with Crippen molar-refractivity contribution < 1.29 is 0 Å². The Hall–Kier alpha value is -2.34. The summed E-state index contributed by atoms with van der Waals surface area (Å²) in [5.41, 5.74) is 10.4. The summed E-state index contributed by atoms with van der Waals surface area (Å²) in [7, 11) is 0. The van der Waals surface area contributed by atoms with Crippen molar-refractivity contribution in [2.75, 3.05) is 0 Å². The van der Waals surface area contributed by atoms with Crippen LogP contribution in [0.1, 0.15) is 75.3 Å². The predicted molar refractivity (Wildman–Crippen MR) is 121 cm³/mol. The number of fused-ring (bicyclic) bond motifs is 3. The summed E-state index contributed by atoms with van der Waals surface area (Å²) in [6.07, 6.45) is 1.06. The zero-order valence-electron chi connectivity index (χ0n) is 18.1. The average molecular weight is 369 g/mol. The molecular weight excluding hydrogens is 336 g/mol. The monoisotopic (exact) mass is 368 g/mol. The van der Waals surface area contributed by atoms with E-state index in [1.165, 1.54) is 38.9 Å². The summed E-state index contributed by atoms with van der Waals surface area (Å²) in [5.74, 6) is 0.440. The van der Waals surface area contributed by atoms with Crippen LogP contribution in [0.3, 0.4) is 0 Å². The molecule has 0 bridgehead atoms. The van der Waals surface area contributed by atoms with E-state index < -0.39 is 0 Å². The van der Waals surface area contributed by atoms with Gasteiger partial charge in [0, 0.05) is 5.92 Å². The van der Waals surface area contributed by atoms with Gasteiger partial charge >= 0.3 is 0 Å². The normalized spacial score (nSPS) is 14.1. The highest BCUT2D eigenvalue weighted by Crippen LogP contribution is 2.48. The molecule has 144 valence electrons. The summed E-state index contributed by atoms with van der Waals surface area (Å²) in [6, 6.07) is 25.3. The van der Waals surface area contributed by atoms with Crippen LogP contribution in [0.4, 0.5) is 0 Å². The van der Waals surface area contributed by atoms with E-state index in [4.69, 9.17) is 0 Å². The van der Waals surface area contributed by atoms with Crippen molar-refractivity contribution in [1.29, 1.82) is 0 Å². The molecule has 4 rings (SSSR count). The van der Waals surface area contributed by atoms with Crippen LogP contribution in [0.5, 0.6) is 0 Å². The minimum Gasteiger partial charge on any atom is -0.0622 e. The van der Waals surface area contributed by atoms with E-state index >= 15 is 0 Å². The third-order valence-corrected chi connectivity index (χ3v) is 6.16. The van der Waals surface area contributed by atoms with E-state index in [0.29, 0.717) is 5.92 Å². The highest BCUT2D eigenvalue weighted by atomic mass is 14.3. The van der Waals surface area contributed by atoms with Gasteiger partial charge in [0.1, 0.15) is 0 Å². The van der Waals surface area contributed by atoms with Gasteiger partial charge in [-0.2, -0.15) is 0 Å². The molecule has 0 unspecified atom stereocenters. The van der Waals surface area contributed by atoms with Gasteiger partial charge in [-0.25, -0.2) is 0 Å². The fourth-order valence-corrected chi connectivity index (χ4v) is 4.36. The van der Waals surface area contributed by atoms with Crippen LogP contribution >= 0.6 is 0 Å². The highest BCUT2D eigenvalue weighted by molar-refractivity contribution is 5.80. The molecule has 28 heavy (non-hydrogen) atoms. The Kier molecular flexibility index (Phi) is 4.49. The van der Waals surface area contributed by atoms with Gasteiger partial charge in [-0.3, -0.25) is 0 Å². The van der Waals surface area contributed by atoms with Gasteiger partial charge in [0.25, 0.3) is 0 Å². The summed E-state index contributed by atoms with van der Waals surface area (Å²) in [6.45, 7) is 13.8. The third kappa shape index (κ3) is 3.41. The van der Waals surface area contributed by atoms with Gasteiger partial charge < -0.3 is 0 Å². The predicted octanol–water partition coefficient (Wildman–Crippen LogP) is 7.64. The van der Waals surface area contributed by atoms with Gasteiger partial charge in [-0.1, -0.05) is 108 Å². The topological polar surface area (TPSA) is 0 Å². The van der Waals surface area contributed by atoms with Gasteiger partial charge in [-0.05, 0) is 56.2 Å². The Labute approximate surface area is 170 Å². The maximum Gasteiger partial charge on any atom is 0.0142 e. The first-order valence-electron chi connectivity index (χ1n) is 10.5. The van der Waals surface area contributed by atoms with Crippen LogP contribution in [0.25, 0.3) is 11.1 Å². The smallest absolute Gasteiger partial charge is 0.0142 e. The summed E-state index contributed by atoms with van der Waals surface area (Å²) >= 11 is 0. The summed E-state index contributed by atoms with van der Waals surface area (Å²) < 4.78 is 0. The lowest BCUT2D eigenvalue weighted by Crippen LogP contribution is -2.11. The molecule has 0 heterocycles. The first kappa shape index (κ1) is 19.0. The molecule has 0 aromatic heterocycles. The van der Waals surface area contributed by atoms with E-state index in [9.17, 15) is 0 Å². The SMILES string of the molecule is CC(C)(C)c1ccc2c(c1)-c1cc(C(C)(C)C)ccc1C2Cc1ccccc1. The maximum atomic E-state index is 2.45. The minimum atomic E-state index is 0.161. The van der Waals surface area contributed by atoms with E-state index in [1.807, 2.05) is 0 Å². The second-order valence-corrected chi connectivity index (χ2v) is 10.3. The first-order valence-corrected chi connectivity index (χ1v) is 10.5. The molecule has 1 aliphatic rings. The standard InChI is InChI=1S/C28H32/c1-27(2,3)20-12-14-22-24(16-19-10-8-7-9-11-19)23-15-13-21(28(4,5)6)18-26(23)25(22)17-20/h7-15,17-18,24H,16H2,1-6H3. The van der Waals surface area contributed by atoms with Crippen LogP contribution < -0.4 is 0 Å². The fourth-order valence-electron chi connectivity index (χ4n) is 4.36. The Morgan fingerprint density at radius 1 is 0.607 bits per heavy atom. The lowest BCUT2D eigenvalue weighted by molar-refractivity contribution is 0.589. The number of rotatable bonds is 2. The minimum absolute atomic E-state index is 0.161. The summed E-state index contributed by atoms with van der Waals surface area (Å²) in [4.78, 5) is 0. The van der Waals surface area contributed by atoms with Crippen molar-refractivity contribution in [3.8, 4) is 11.1 Å². The molecule has 0 spiro atoms. The number of hydrogen-bond acceptors (Lipinski definition) is 0. The molecular formula is C28H32. The molecule has 0 aliphatic heterocycles. The van der Waals surface area contributed by atoms with Crippen LogP contribution in [0.15, 0.2) is 66.7 Å². The molecule has 0 amide bonds. The largest absolute Gasteiger partial charge is 0.0622 e. The lowest BCUT2D eigenvalue weighted by Gasteiger charge is -2.21. The zero-order chi connectivity index (χ0) is 20.1. The molecule has 0 atom stereocenters. The van der Waals surface area contributed by atoms with Crippen LogP contribution in [0, 0.1) is 0 Å². The molecule has 0 fully saturated rings. The van der Waals surface area contributed by atoms with E-state index in [0.717, 1.165) is 6.42 Å². The van der Waals surface area contributed by atoms with E-state index in [1.54, 1.807) is 0 Å². The quantitative estimate of drug-likeness (QED) is 0.436. The van der Waals surface area contributed by atoms with Gasteiger partial charge in [0.15, 0.2) is 0 Å². The molecule has 0 radical (unpaired) electrons. The molecule has 0 saturated carbocycles. The van der Waals surface area contributed by atoms with Crippen molar-refractivity contribution in [3.05, 3.63) is 94.5 Å². The summed E-state index contributed by atoms with van der Waals surface area (Å²) in [5, 5.41) is 0. The van der Waals surface area contributed by atoms with Gasteiger partial charge in [0.05, 0.1) is 0 Å². The van der Waals surface area contributed by atoms with Gasteiger partial charge in [-0.15, -0.1) is 0 Å². The fraction of sp³-hybridized carbons (Fsp3) is 0.357. The second kappa shape index (κ2) is 6.62. The molecule has 0 N–H and O–H groups in total. The Balaban J connectivity index is 1.88. The van der Waals surface area contributed by atoms with Crippen molar-refractivity contribution >= 4 is 0 Å². The molecule has 0 heteroatoms. The third-order valence-electron chi connectivity index (χ3n) is 6.16. The molecule has 0 nitrogen and oxygen atoms in total. The lowest BCUT2D eigenvalue weighted by atomic mass is 9.83. The molecule has 0 saturated heterocycles. The van der Waals surface area contributed by atoms with Crippen LogP contribution in [-0.2, 0) is 17.3 Å². The average Bonchev–Trinajstić information content (AvgIpc) is 2.94. The highest BCUT2D eigenvalue weighted by Gasteiger charge is 2.31. The van der Waals surface area contributed by atoms with Crippen molar-refractivity contribution in [2.24, 2.45) is 0 Å². The molecule has 1 aliphatic carbocycles. The van der Waals surface area contributed by atoms with Crippen LogP contribution in [-0.4, -0.2) is 0 Å². The number of hydrogen-bond donors (Lipinski definition) is 0. The van der Waals surface area contributed by atoms with Crippen molar-refractivity contribution in [1.82, 2.24) is 0 Å². The zero-order valence-corrected chi connectivity index (χ0v) is 18.1. The maximum absolute atomic E-state index is 2.45. The number of benzene rings is 3. The van der Waals surface area contributed by atoms with Gasteiger partial charge in [0.2, 0.25) is 0 Å². The Bertz CT molecular complexity index is 931. The molecule has 3 aromatic rings.